The molecular weight excluding hydrogens is 216 g/mol. The Kier molecular flexibility index (Phi) is 5.22. The van der Waals surface area contributed by atoms with Gasteiger partial charge in [-0.3, -0.25) is 0 Å². The molecule has 2 saturated heterocycles. The lowest BCUT2D eigenvalue weighted by atomic mass is 10.0. The highest BCUT2D eigenvalue weighted by atomic mass is 16.5. The molecule has 0 aromatic heterocycles. The van der Waals surface area contributed by atoms with E-state index in [2.05, 4.69) is 10.2 Å². The standard InChI is InChI=1S/C13H26N2O2/c1-16-13(5-10-17-12-13)11-14-6-4-9-15-7-2-3-8-15/h14H,2-12H2,1H3. The molecule has 2 aliphatic heterocycles. The third kappa shape index (κ3) is 3.91. The molecule has 2 rings (SSSR count). The van der Waals surface area contributed by atoms with Crippen LogP contribution >= 0.6 is 0 Å². The van der Waals surface area contributed by atoms with E-state index in [9.17, 15) is 0 Å². The quantitative estimate of drug-likeness (QED) is 0.672. The van der Waals surface area contributed by atoms with Crippen molar-refractivity contribution in [1.29, 1.82) is 0 Å². The molecule has 100 valence electrons. The SMILES string of the molecule is COC1(CNCCCN2CCCC2)CCOC1. The molecule has 0 aromatic rings. The van der Waals surface area contributed by atoms with Crippen molar-refractivity contribution in [2.45, 2.75) is 31.3 Å². The first kappa shape index (κ1) is 13.3. The van der Waals surface area contributed by atoms with Crippen molar-refractivity contribution in [3.8, 4) is 0 Å². The molecule has 0 spiro atoms. The zero-order chi connectivity index (χ0) is 12.0. The molecule has 4 heteroatoms. The van der Waals surface area contributed by atoms with Crippen LogP contribution in [0.1, 0.15) is 25.7 Å². The van der Waals surface area contributed by atoms with E-state index in [1.54, 1.807) is 7.11 Å². The smallest absolute Gasteiger partial charge is 0.106 e. The van der Waals surface area contributed by atoms with Crippen LogP contribution in [-0.2, 0) is 9.47 Å². The summed E-state index contributed by atoms with van der Waals surface area (Å²) >= 11 is 0. The number of likely N-dealkylation sites (tertiary alicyclic amines) is 1. The minimum Gasteiger partial charge on any atom is -0.378 e. The molecule has 1 unspecified atom stereocenters. The second kappa shape index (κ2) is 6.69. The molecule has 17 heavy (non-hydrogen) atoms. The summed E-state index contributed by atoms with van der Waals surface area (Å²) in [6.45, 7) is 7.42. The van der Waals surface area contributed by atoms with Crippen molar-refractivity contribution < 1.29 is 9.47 Å². The number of rotatable bonds is 7. The number of nitrogens with one attached hydrogen (secondary N) is 1. The molecule has 0 amide bonds. The van der Waals surface area contributed by atoms with E-state index in [4.69, 9.17) is 9.47 Å². The van der Waals surface area contributed by atoms with Crippen molar-refractivity contribution >= 4 is 0 Å². The zero-order valence-corrected chi connectivity index (χ0v) is 11.0. The third-order valence-electron chi connectivity index (χ3n) is 3.97. The fourth-order valence-corrected chi connectivity index (χ4v) is 2.71. The summed E-state index contributed by atoms with van der Waals surface area (Å²) in [7, 11) is 1.79. The van der Waals surface area contributed by atoms with Gasteiger partial charge in [-0.25, -0.2) is 0 Å². The molecule has 0 saturated carbocycles. The molecular formula is C13H26N2O2. The van der Waals surface area contributed by atoms with Crippen LogP contribution in [0.25, 0.3) is 0 Å². The molecule has 2 heterocycles. The number of ether oxygens (including phenoxy) is 2. The van der Waals surface area contributed by atoms with Gasteiger partial charge in [0.15, 0.2) is 0 Å². The van der Waals surface area contributed by atoms with Gasteiger partial charge in [0, 0.05) is 26.7 Å². The molecule has 2 fully saturated rings. The van der Waals surface area contributed by atoms with Gasteiger partial charge < -0.3 is 19.7 Å². The first-order valence-electron chi connectivity index (χ1n) is 6.91. The lowest BCUT2D eigenvalue weighted by Crippen LogP contribution is -2.43. The number of hydrogen-bond donors (Lipinski definition) is 1. The van der Waals surface area contributed by atoms with E-state index in [0.29, 0.717) is 0 Å². The summed E-state index contributed by atoms with van der Waals surface area (Å²) in [6, 6.07) is 0. The first-order chi connectivity index (χ1) is 8.35. The predicted molar refractivity (Wildman–Crippen MR) is 68.3 cm³/mol. The van der Waals surface area contributed by atoms with Gasteiger partial charge in [0.05, 0.1) is 6.61 Å². The Bertz CT molecular complexity index is 211. The third-order valence-corrected chi connectivity index (χ3v) is 3.97. The summed E-state index contributed by atoms with van der Waals surface area (Å²) in [5, 5.41) is 3.51. The predicted octanol–water partition coefficient (Wildman–Crippen LogP) is 0.867. The van der Waals surface area contributed by atoms with Crippen molar-refractivity contribution in [3.05, 3.63) is 0 Å². The van der Waals surface area contributed by atoms with Gasteiger partial charge in [0.2, 0.25) is 0 Å². The van der Waals surface area contributed by atoms with Gasteiger partial charge in [-0.2, -0.15) is 0 Å². The van der Waals surface area contributed by atoms with Gasteiger partial charge in [0.1, 0.15) is 5.60 Å². The largest absolute Gasteiger partial charge is 0.378 e. The Morgan fingerprint density at radius 3 is 2.82 bits per heavy atom. The van der Waals surface area contributed by atoms with Gasteiger partial charge in [-0.1, -0.05) is 0 Å². The normalized spacial score (nSPS) is 30.2. The van der Waals surface area contributed by atoms with E-state index >= 15 is 0 Å². The van der Waals surface area contributed by atoms with Crippen LogP contribution in [-0.4, -0.2) is 63.5 Å². The van der Waals surface area contributed by atoms with Crippen molar-refractivity contribution in [1.82, 2.24) is 10.2 Å². The zero-order valence-electron chi connectivity index (χ0n) is 11.0. The van der Waals surface area contributed by atoms with Crippen LogP contribution in [0, 0.1) is 0 Å². The second-order valence-corrected chi connectivity index (χ2v) is 5.27. The van der Waals surface area contributed by atoms with E-state index < -0.39 is 0 Å². The summed E-state index contributed by atoms with van der Waals surface area (Å²) in [4.78, 5) is 2.56. The highest BCUT2D eigenvalue weighted by Crippen LogP contribution is 2.21. The van der Waals surface area contributed by atoms with Crippen LogP contribution in [0.15, 0.2) is 0 Å². The van der Waals surface area contributed by atoms with Gasteiger partial charge in [-0.05, 0) is 45.4 Å². The minimum absolute atomic E-state index is 0.0619. The Labute approximate surface area is 105 Å². The van der Waals surface area contributed by atoms with Gasteiger partial charge in [0.25, 0.3) is 0 Å². The van der Waals surface area contributed by atoms with Crippen molar-refractivity contribution in [2.24, 2.45) is 0 Å². The number of nitrogens with zero attached hydrogens (tertiary/aromatic N) is 1. The van der Waals surface area contributed by atoms with Crippen LogP contribution in [0.3, 0.4) is 0 Å². The lowest BCUT2D eigenvalue weighted by molar-refractivity contribution is -0.0156. The van der Waals surface area contributed by atoms with Crippen LogP contribution < -0.4 is 5.32 Å². The molecule has 4 nitrogen and oxygen atoms in total. The maximum atomic E-state index is 5.58. The maximum absolute atomic E-state index is 5.58. The topological polar surface area (TPSA) is 33.7 Å². The first-order valence-corrected chi connectivity index (χ1v) is 6.91. The maximum Gasteiger partial charge on any atom is 0.106 e. The highest BCUT2D eigenvalue weighted by molar-refractivity contribution is 4.86. The van der Waals surface area contributed by atoms with Gasteiger partial charge >= 0.3 is 0 Å². The fraction of sp³-hybridized carbons (Fsp3) is 1.00. The minimum atomic E-state index is -0.0619. The highest BCUT2D eigenvalue weighted by Gasteiger charge is 2.34. The molecule has 0 radical (unpaired) electrons. The Balaban J connectivity index is 1.53. The summed E-state index contributed by atoms with van der Waals surface area (Å²) in [5.41, 5.74) is -0.0619. The van der Waals surface area contributed by atoms with Crippen LogP contribution in [0.5, 0.6) is 0 Å². The Hall–Kier alpha value is -0.160. The van der Waals surface area contributed by atoms with Crippen LogP contribution in [0.2, 0.25) is 0 Å². The summed E-state index contributed by atoms with van der Waals surface area (Å²) in [6.07, 6.45) is 5.03. The summed E-state index contributed by atoms with van der Waals surface area (Å²) < 4.78 is 11.0. The summed E-state index contributed by atoms with van der Waals surface area (Å²) in [5.74, 6) is 0. The Morgan fingerprint density at radius 1 is 1.35 bits per heavy atom. The molecule has 0 aliphatic carbocycles. The molecule has 0 aromatic carbocycles. The molecule has 0 bridgehead atoms. The number of hydrogen-bond acceptors (Lipinski definition) is 4. The molecule has 1 N–H and O–H groups in total. The molecule has 1 atom stereocenters. The van der Waals surface area contributed by atoms with Crippen molar-refractivity contribution in [3.63, 3.8) is 0 Å². The van der Waals surface area contributed by atoms with Gasteiger partial charge in [-0.15, -0.1) is 0 Å². The second-order valence-electron chi connectivity index (χ2n) is 5.27. The van der Waals surface area contributed by atoms with E-state index in [0.717, 1.165) is 32.7 Å². The van der Waals surface area contributed by atoms with Crippen LogP contribution in [0.4, 0.5) is 0 Å². The fourth-order valence-electron chi connectivity index (χ4n) is 2.71. The van der Waals surface area contributed by atoms with E-state index in [1.807, 2.05) is 0 Å². The van der Waals surface area contributed by atoms with E-state index in [-0.39, 0.29) is 5.60 Å². The molecule has 2 aliphatic rings. The number of methoxy groups -OCH3 is 1. The van der Waals surface area contributed by atoms with E-state index in [1.165, 1.54) is 38.9 Å². The average molecular weight is 242 g/mol. The van der Waals surface area contributed by atoms with Crippen molar-refractivity contribution in [2.75, 3.05) is 53.0 Å². The lowest BCUT2D eigenvalue weighted by Gasteiger charge is -2.26. The monoisotopic (exact) mass is 242 g/mol. The Morgan fingerprint density at radius 2 is 2.18 bits per heavy atom. The average Bonchev–Trinajstić information content (AvgIpc) is 3.00.